The average molecular weight is 277 g/mol. The maximum Gasteiger partial charge on any atom is 0.101 e. The minimum atomic E-state index is -0.586. The van der Waals surface area contributed by atoms with Crippen molar-refractivity contribution in [1.29, 1.82) is 0 Å². The van der Waals surface area contributed by atoms with E-state index in [2.05, 4.69) is 37.0 Å². The molecule has 3 aromatic rings. The zero-order valence-corrected chi connectivity index (χ0v) is 12.4. The topological polar surface area (TPSA) is 33.1 Å². The van der Waals surface area contributed by atoms with Gasteiger partial charge in [0.25, 0.3) is 0 Å². The second kappa shape index (κ2) is 5.66. The lowest BCUT2D eigenvalue weighted by molar-refractivity contribution is 0.175. The number of aliphatic hydroxyl groups excluding tert-OH is 1. The molecule has 0 bridgehead atoms. The van der Waals surface area contributed by atoms with E-state index in [1.54, 1.807) is 6.20 Å². The Morgan fingerprint density at radius 1 is 1.00 bits per heavy atom. The fraction of sp³-hybridized carbons (Fsp3) is 0.211. The molecule has 0 spiro atoms. The first-order chi connectivity index (χ1) is 10.1. The van der Waals surface area contributed by atoms with Gasteiger partial charge >= 0.3 is 0 Å². The number of hydrogen-bond acceptors (Lipinski definition) is 2. The van der Waals surface area contributed by atoms with E-state index in [-0.39, 0.29) is 0 Å². The highest BCUT2D eigenvalue weighted by atomic mass is 16.3. The number of hydrogen-bond donors (Lipinski definition) is 1. The summed E-state index contributed by atoms with van der Waals surface area (Å²) in [4.78, 5) is 4.40. The molecular formula is C19H19NO. The molecule has 3 rings (SSSR count). The van der Waals surface area contributed by atoms with E-state index in [4.69, 9.17) is 0 Å². The van der Waals surface area contributed by atoms with Crippen LogP contribution in [0.25, 0.3) is 10.8 Å². The number of rotatable bonds is 3. The van der Waals surface area contributed by atoms with Crippen LogP contribution >= 0.6 is 0 Å². The molecule has 2 heteroatoms. The standard InChI is InChI=1S/C19H19NO/c1-13-9-14(2)11-15(10-13)12-18(21)19-17-6-4-3-5-16(17)7-8-20-19/h3-11,18,21H,12H2,1-2H3. The molecule has 0 radical (unpaired) electrons. The van der Waals surface area contributed by atoms with E-state index in [1.165, 1.54) is 11.1 Å². The normalized spacial score (nSPS) is 12.5. The van der Waals surface area contributed by atoms with Gasteiger partial charge in [-0.15, -0.1) is 0 Å². The minimum absolute atomic E-state index is 0.586. The molecule has 0 saturated carbocycles. The molecule has 0 fully saturated rings. The Morgan fingerprint density at radius 2 is 1.71 bits per heavy atom. The van der Waals surface area contributed by atoms with Gasteiger partial charge in [0.2, 0.25) is 0 Å². The smallest absolute Gasteiger partial charge is 0.101 e. The Bertz CT molecular complexity index is 754. The van der Waals surface area contributed by atoms with E-state index in [0.717, 1.165) is 22.0 Å². The lowest BCUT2D eigenvalue weighted by Gasteiger charge is -2.13. The van der Waals surface area contributed by atoms with Crippen molar-refractivity contribution < 1.29 is 5.11 Å². The zero-order valence-electron chi connectivity index (χ0n) is 12.4. The molecule has 1 atom stereocenters. The fourth-order valence-corrected chi connectivity index (χ4v) is 2.92. The van der Waals surface area contributed by atoms with Crippen LogP contribution in [0.5, 0.6) is 0 Å². The van der Waals surface area contributed by atoms with Gasteiger partial charge in [0.1, 0.15) is 6.10 Å². The lowest BCUT2D eigenvalue weighted by Crippen LogP contribution is -2.05. The lowest BCUT2D eigenvalue weighted by atomic mass is 9.98. The van der Waals surface area contributed by atoms with E-state index in [0.29, 0.717) is 6.42 Å². The summed E-state index contributed by atoms with van der Waals surface area (Å²) in [5.74, 6) is 0. The molecule has 1 aromatic heterocycles. The average Bonchev–Trinajstić information content (AvgIpc) is 2.45. The molecule has 21 heavy (non-hydrogen) atoms. The van der Waals surface area contributed by atoms with Gasteiger partial charge in [-0.1, -0.05) is 53.6 Å². The number of aromatic nitrogens is 1. The van der Waals surface area contributed by atoms with Gasteiger partial charge in [-0.3, -0.25) is 4.98 Å². The molecule has 2 aromatic carbocycles. The number of pyridine rings is 1. The summed E-state index contributed by atoms with van der Waals surface area (Å²) < 4.78 is 0. The molecule has 0 aliphatic rings. The van der Waals surface area contributed by atoms with E-state index >= 15 is 0 Å². The summed E-state index contributed by atoms with van der Waals surface area (Å²) >= 11 is 0. The number of aliphatic hydroxyl groups is 1. The van der Waals surface area contributed by atoms with Crippen LogP contribution in [-0.2, 0) is 6.42 Å². The van der Waals surface area contributed by atoms with Crippen LogP contribution < -0.4 is 0 Å². The summed E-state index contributed by atoms with van der Waals surface area (Å²) in [6.07, 6.45) is 1.77. The SMILES string of the molecule is Cc1cc(C)cc(CC(O)c2nccc3ccccc23)c1. The molecule has 1 unspecified atom stereocenters. The van der Waals surface area contributed by atoms with Crippen LogP contribution in [0.1, 0.15) is 28.5 Å². The first kappa shape index (κ1) is 13.8. The van der Waals surface area contributed by atoms with Crippen molar-refractivity contribution in [2.45, 2.75) is 26.4 Å². The summed E-state index contributed by atoms with van der Waals surface area (Å²) in [6.45, 7) is 4.16. The molecule has 0 aliphatic heterocycles. The Labute approximate surface area is 125 Å². The Balaban J connectivity index is 1.95. The van der Waals surface area contributed by atoms with Gasteiger partial charge in [0, 0.05) is 18.0 Å². The van der Waals surface area contributed by atoms with Gasteiger partial charge < -0.3 is 5.11 Å². The molecule has 1 heterocycles. The van der Waals surface area contributed by atoms with Crippen LogP contribution in [0.4, 0.5) is 0 Å². The number of fused-ring (bicyclic) bond motifs is 1. The largest absolute Gasteiger partial charge is 0.386 e. The molecule has 0 saturated heterocycles. The quantitative estimate of drug-likeness (QED) is 0.781. The van der Waals surface area contributed by atoms with Gasteiger partial charge in [-0.05, 0) is 30.9 Å². The fourth-order valence-electron chi connectivity index (χ4n) is 2.92. The second-order valence-corrected chi connectivity index (χ2v) is 5.63. The number of aryl methyl sites for hydroxylation is 2. The molecular weight excluding hydrogens is 258 g/mol. The van der Waals surface area contributed by atoms with Crippen molar-refractivity contribution in [3.63, 3.8) is 0 Å². The van der Waals surface area contributed by atoms with E-state index in [9.17, 15) is 5.11 Å². The Morgan fingerprint density at radius 3 is 2.48 bits per heavy atom. The van der Waals surface area contributed by atoms with Crippen LogP contribution in [-0.4, -0.2) is 10.1 Å². The summed E-state index contributed by atoms with van der Waals surface area (Å²) in [5.41, 5.74) is 4.35. The van der Waals surface area contributed by atoms with Crippen LogP contribution in [0, 0.1) is 13.8 Å². The number of benzene rings is 2. The van der Waals surface area contributed by atoms with Crippen molar-refractivity contribution in [1.82, 2.24) is 4.98 Å². The predicted molar refractivity (Wildman–Crippen MR) is 86.3 cm³/mol. The van der Waals surface area contributed by atoms with Crippen molar-refractivity contribution in [3.8, 4) is 0 Å². The molecule has 1 N–H and O–H groups in total. The molecule has 0 amide bonds. The highest BCUT2D eigenvalue weighted by Gasteiger charge is 2.13. The highest BCUT2D eigenvalue weighted by molar-refractivity contribution is 5.84. The maximum absolute atomic E-state index is 10.6. The van der Waals surface area contributed by atoms with Crippen molar-refractivity contribution in [2.75, 3.05) is 0 Å². The summed E-state index contributed by atoms with van der Waals surface area (Å²) in [6, 6.07) is 16.4. The Kier molecular flexibility index (Phi) is 3.72. The third-order valence-corrected chi connectivity index (χ3v) is 3.73. The van der Waals surface area contributed by atoms with Gasteiger partial charge in [0.05, 0.1) is 5.69 Å². The summed E-state index contributed by atoms with van der Waals surface area (Å²) in [5, 5.41) is 12.7. The zero-order chi connectivity index (χ0) is 14.8. The third kappa shape index (κ3) is 2.96. The highest BCUT2D eigenvalue weighted by Crippen LogP contribution is 2.25. The van der Waals surface area contributed by atoms with Crippen LogP contribution in [0.15, 0.2) is 54.7 Å². The first-order valence-electron chi connectivity index (χ1n) is 7.22. The van der Waals surface area contributed by atoms with Crippen molar-refractivity contribution in [3.05, 3.63) is 77.1 Å². The first-order valence-corrected chi connectivity index (χ1v) is 7.22. The molecule has 0 aliphatic carbocycles. The van der Waals surface area contributed by atoms with Crippen LogP contribution in [0.3, 0.4) is 0 Å². The predicted octanol–water partition coefficient (Wildman–Crippen LogP) is 4.13. The monoisotopic (exact) mass is 277 g/mol. The van der Waals surface area contributed by atoms with Crippen molar-refractivity contribution in [2.24, 2.45) is 0 Å². The van der Waals surface area contributed by atoms with E-state index in [1.807, 2.05) is 30.3 Å². The third-order valence-electron chi connectivity index (χ3n) is 3.73. The summed E-state index contributed by atoms with van der Waals surface area (Å²) in [7, 11) is 0. The second-order valence-electron chi connectivity index (χ2n) is 5.63. The van der Waals surface area contributed by atoms with Crippen molar-refractivity contribution >= 4 is 10.8 Å². The van der Waals surface area contributed by atoms with Gasteiger partial charge in [-0.2, -0.15) is 0 Å². The van der Waals surface area contributed by atoms with E-state index < -0.39 is 6.10 Å². The maximum atomic E-state index is 10.6. The van der Waals surface area contributed by atoms with Gasteiger partial charge in [0.15, 0.2) is 0 Å². The molecule has 2 nitrogen and oxygen atoms in total. The van der Waals surface area contributed by atoms with Gasteiger partial charge in [-0.25, -0.2) is 0 Å². The Hall–Kier alpha value is -2.19. The molecule has 106 valence electrons. The van der Waals surface area contributed by atoms with Crippen LogP contribution in [0.2, 0.25) is 0 Å². The minimum Gasteiger partial charge on any atom is -0.386 e. The number of nitrogens with zero attached hydrogens (tertiary/aromatic N) is 1.